The second kappa shape index (κ2) is 5.79. The number of carbonyl (C=O) groups excluding carboxylic acids is 2. The van der Waals surface area contributed by atoms with Crippen LogP contribution in [0.5, 0.6) is 0 Å². The molecule has 1 unspecified atom stereocenters. The molecule has 3 rings (SSSR count). The van der Waals surface area contributed by atoms with Crippen molar-refractivity contribution < 1.29 is 14.3 Å². The number of anilines is 1. The van der Waals surface area contributed by atoms with Gasteiger partial charge in [-0.15, -0.1) is 0 Å². The highest BCUT2D eigenvalue weighted by Crippen LogP contribution is 2.31. The van der Waals surface area contributed by atoms with Crippen LogP contribution in [0, 0.1) is 0 Å². The van der Waals surface area contributed by atoms with Gasteiger partial charge in [0.25, 0.3) is 0 Å². The van der Waals surface area contributed by atoms with Crippen molar-refractivity contribution in [2.75, 3.05) is 24.6 Å². The van der Waals surface area contributed by atoms with Crippen LogP contribution in [0.15, 0.2) is 12.4 Å². The molecule has 0 saturated carbocycles. The zero-order chi connectivity index (χ0) is 16.6. The Labute approximate surface area is 135 Å². The average molecular weight is 318 g/mol. The summed E-state index contributed by atoms with van der Waals surface area (Å²) in [5.74, 6) is 0.750. The van der Waals surface area contributed by atoms with Gasteiger partial charge in [-0.3, -0.25) is 14.7 Å². The summed E-state index contributed by atoms with van der Waals surface area (Å²) < 4.78 is 5.14. The van der Waals surface area contributed by atoms with E-state index in [4.69, 9.17) is 4.74 Å². The van der Waals surface area contributed by atoms with Crippen LogP contribution in [0.25, 0.3) is 0 Å². The maximum Gasteiger partial charge on any atom is 0.416 e. The molecule has 0 N–H and O–H groups in total. The number of aromatic nitrogens is 2. The summed E-state index contributed by atoms with van der Waals surface area (Å²) in [4.78, 5) is 35.9. The predicted molar refractivity (Wildman–Crippen MR) is 84.2 cm³/mol. The molecule has 0 aromatic carbocycles. The van der Waals surface area contributed by atoms with Crippen molar-refractivity contribution in [1.29, 1.82) is 0 Å². The molecule has 0 radical (unpaired) electrons. The first kappa shape index (κ1) is 15.7. The standard InChI is InChI=1S/C16H22N4O3/c1-11(21)19-6-4-5-12(9-19)13-7-17-8-14(18-13)20-15(22)23-10-16(20,2)3/h7-8,12H,4-6,9-10H2,1-3H3. The van der Waals surface area contributed by atoms with Crippen molar-refractivity contribution in [3.63, 3.8) is 0 Å². The number of nitrogens with zero attached hydrogens (tertiary/aromatic N) is 4. The summed E-state index contributed by atoms with van der Waals surface area (Å²) in [6, 6.07) is 0. The van der Waals surface area contributed by atoms with E-state index in [-0.39, 0.29) is 11.8 Å². The number of rotatable bonds is 2. The van der Waals surface area contributed by atoms with Crippen LogP contribution < -0.4 is 4.90 Å². The van der Waals surface area contributed by atoms with Crippen molar-refractivity contribution >= 4 is 17.8 Å². The average Bonchev–Trinajstić information content (AvgIpc) is 2.81. The van der Waals surface area contributed by atoms with Gasteiger partial charge in [0.1, 0.15) is 6.61 Å². The number of likely N-dealkylation sites (tertiary alicyclic amines) is 1. The van der Waals surface area contributed by atoms with Gasteiger partial charge in [-0.05, 0) is 26.7 Å². The molecule has 0 spiro atoms. The molecule has 0 aliphatic carbocycles. The highest BCUT2D eigenvalue weighted by atomic mass is 16.6. The Morgan fingerprint density at radius 3 is 2.83 bits per heavy atom. The van der Waals surface area contributed by atoms with Gasteiger partial charge in [0, 0.05) is 32.1 Å². The summed E-state index contributed by atoms with van der Waals surface area (Å²) in [7, 11) is 0. The molecule has 23 heavy (non-hydrogen) atoms. The highest BCUT2D eigenvalue weighted by Gasteiger charge is 2.42. The largest absolute Gasteiger partial charge is 0.447 e. The highest BCUT2D eigenvalue weighted by molar-refractivity contribution is 5.90. The summed E-state index contributed by atoms with van der Waals surface area (Å²) in [5, 5.41) is 0. The maximum atomic E-state index is 12.0. The number of ether oxygens (including phenoxy) is 1. The fourth-order valence-electron chi connectivity index (χ4n) is 3.20. The number of hydrogen-bond donors (Lipinski definition) is 0. The van der Waals surface area contributed by atoms with Gasteiger partial charge < -0.3 is 9.64 Å². The molecule has 1 aromatic rings. The second-order valence-corrected chi connectivity index (χ2v) is 6.81. The predicted octanol–water partition coefficient (Wildman–Crippen LogP) is 1.94. The Kier molecular flexibility index (Phi) is 3.95. The van der Waals surface area contributed by atoms with E-state index >= 15 is 0 Å². The van der Waals surface area contributed by atoms with Crippen LogP contribution in [-0.4, -0.2) is 52.1 Å². The van der Waals surface area contributed by atoms with Crippen LogP contribution in [0.1, 0.15) is 45.2 Å². The Balaban J connectivity index is 1.85. The molecule has 3 heterocycles. The van der Waals surface area contributed by atoms with Crippen LogP contribution in [-0.2, 0) is 9.53 Å². The van der Waals surface area contributed by atoms with Gasteiger partial charge >= 0.3 is 6.09 Å². The number of cyclic esters (lactones) is 1. The Morgan fingerprint density at radius 2 is 2.17 bits per heavy atom. The van der Waals surface area contributed by atoms with Crippen LogP contribution in [0.4, 0.5) is 10.6 Å². The molecule has 2 fully saturated rings. The molecule has 124 valence electrons. The van der Waals surface area contributed by atoms with Gasteiger partial charge in [-0.2, -0.15) is 0 Å². The van der Waals surface area contributed by atoms with Gasteiger partial charge in [0.2, 0.25) is 5.91 Å². The minimum Gasteiger partial charge on any atom is -0.447 e. The number of carbonyl (C=O) groups is 2. The fourth-order valence-corrected chi connectivity index (χ4v) is 3.20. The lowest BCUT2D eigenvalue weighted by Gasteiger charge is -2.32. The van der Waals surface area contributed by atoms with Crippen LogP contribution in [0.2, 0.25) is 0 Å². The minimum absolute atomic E-state index is 0.0862. The van der Waals surface area contributed by atoms with Crippen molar-refractivity contribution in [1.82, 2.24) is 14.9 Å². The summed E-state index contributed by atoms with van der Waals surface area (Å²) >= 11 is 0. The van der Waals surface area contributed by atoms with E-state index in [2.05, 4.69) is 9.97 Å². The molecule has 1 atom stereocenters. The summed E-state index contributed by atoms with van der Waals surface area (Å²) in [6.45, 7) is 7.24. The van der Waals surface area contributed by atoms with Crippen molar-refractivity contribution in [2.24, 2.45) is 0 Å². The normalized spacial score (nSPS) is 23.8. The van der Waals surface area contributed by atoms with E-state index in [1.54, 1.807) is 24.2 Å². The number of hydrogen-bond acceptors (Lipinski definition) is 5. The van der Waals surface area contributed by atoms with Crippen LogP contribution in [0.3, 0.4) is 0 Å². The fraction of sp³-hybridized carbons (Fsp3) is 0.625. The van der Waals surface area contributed by atoms with Crippen molar-refractivity contribution in [3.05, 3.63) is 18.1 Å². The molecular weight excluding hydrogens is 296 g/mol. The smallest absolute Gasteiger partial charge is 0.416 e. The van der Waals surface area contributed by atoms with Gasteiger partial charge in [-0.25, -0.2) is 9.78 Å². The summed E-state index contributed by atoms with van der Waals surface area (Å²) in [6.07, 6.45) is 4.84. The van der Waals surface area contributed by atoms with Crippen molar-refractivity contribution in [2.45, 2.75) is 45.1 Å². The van der Waals surface area contributed by atoms with E-state index < -0.39 is 11.6 Å². The van der Waals surface area contributed by atoms with E-state index in [9.17, 15) is 9.59 Å². The quantitative estimate of drug-likeness (QED) is 0.833. The van der Waals surface area contributed by atoms with Gasteiger partial charge in [0.15, 0.2) is 5.82 Å². The lowest BCUT2D eigenvalue weighted by atomic mass is 9.95. The first-order chi connectivity index (χ1) is 10.9. The third kappa shape index (κ3) is 3.00. The number of amides is 2. The third-order valence-electron chi connectivity index (χ3n) is 4.49. The van der Waals surface area contributed by atoms with Crippen LogP contribution >= 0.6 is 0 Å². The first-order valence-electron chi connectivity index (χ1n) is 7.93. The Hall–Kier alpha value is -2.18. The van der Waals surface area contributed by atoms with Gasteiger partial charge in [-0.1, -0.05) is 0 Å². The van der Waals surface area contributed by atoms with Crippen molar-refractivity contribution in [3.8, 4) is 0 Å². The molecule has 2 aliphatic heterocycles. The minimum atomic E-state index is -0.442. The second-order valence-electron chi connectivity index (χ2n) is 6.81. The van der Waals surface area contributed by atoms with E-state index in [1.165, 1.54) is 0 Å². The monoisotopic (exact) mass is 318 g/mol. The van der Waals surface area contributed by atoms with E-state index in [1.807, 2.05) is 18.7 Å². The lowest BCUT2D eigenvalue weighted by molar-refractivity contribution is -0.130. The molecule has 7 heteroatoms. The van der Waals surface area contributed by atoms with E-state index in [0.717, 1.165) is 25.1 Å². The molecular formula is C16H22N4O3. The molecule has 2 amide bonds. The Bertz CT molecular complexity index is 632. The third-order valence-corrected chi connectivity index (χ3v) is 4.49. The molecule has 1 aromatic heterocycles. The van der Waals surface area contributed by atoms with Gasteiger partial charge in [0.05, 0.1) is 17.4 Å². The first-order valence-corrected chi connectivity index (χ1v) is 7.93. The summed E-state index contributed by atoms with van der Waals surface area (Å²) in [5.41, 5.74) is 0.381. The zero-order valence-corrected chi connectivity index (χ0v) is 13.8. The molecule has 0 bridgehead atoms. The van der Waals surface area contributed by atoms with E-state index in [0.29, 0.717) is 19.0 Å². The SMILES string of the molecule is CC(=O)N1CCCC(c2cncc(N3C(=O)OCC3(C)C)n2)C1. The molecule has 2 saturated heterocycles. The molecule has 7 nitrogen and oxygen atoms in total. The number of piperidine rings is 1. The topological polar surface area (TPSA) is 75.6 Å². The lowest BCUT2D eigenvalue weighted by Crippen LogP contribution is -2.43. The molecule has 2 aliphatic rings. The maximum absolute atomic E-state index is 12.0. The zero-order valence-electron chi connectivity index (χ0n) is 13.8. The Morgan fingerprint density at radius 1 is 1.39 bits per heavy atom.